The summed E-state index contributed by atoms with van der Waals surface area (Å²) < 4.78 is 0.0793. The second kappa shape index (κ2) is 7.16. The van der Waals surface area contributed by atoms with Gasteiger partial charge in [-0.1, -0.05) is 60.7 Å². The average Bonchev–Trinajstić information content (AvgIpc) is 2.63. The third-order valence-electron chi connectivity index (χ3n) is 4.01. The maximum atomic E-state index is 2.29. The fourth-order valence-electron chi connectivity index (χ4n) is 3.04. The van der Waals surface area contributed by atoms with E-state index in [4.69, 9.17) is 0 Å². The van der Waals surface area contributed by atoms with E-state index in [1.807, 2.05) is 23.5 Å². The van der Waals surface area contributed by atoms with Crippen molar-refractivity contribution in [1.29, 1.82) is 0 Å². The zero-order chi connectivity index (χ0) is 15.5. The van der Waals surface area contributed by atoms with Crippen LogP contribution in [-0.4, -0.2) is 24.0 Å². The van der Waals surface area contributed by atoms with Crippen LogP contribution in [0, 0.1) is 0 Å². The van der Waals surface area contributed by atoms with Crippen LogP contribution in [0.5, 0.6) is 0 Å². The molecule has 0 bridgehead atoms. The van der Waals surface area contributed by atoms with Gasteiger partial charge >= 0.3 is 0 Å². The average molecular weight is 365 g/mol. The topological polar surface area (TPSA) is 0 Å². The Bertz CT molecular complexity index is 545. The molecule has 1 saturated heterocycles. The van der Waals surface area contributed by atoms with Gasteiger partial charge in [0.2, 0.25) is 0 Å². The van der Waals surface area contributed by atoms with Gasteiger partial charge in [0.1, 0.15) is 8.16 Å². The molecule has 1 heterocycles. The van der Waals surface area contributed by atoms with E-state index in [1.165, 1.54) is 22.6 Å². The van der Waals surface area contributed by atoms with Gasteiger partial charge in [-0.05, 0) is 23.6 Å². The molecule has 4 heteroatoms. The van der Waals surface area contributed by atoms with Gasteiger partial charge in [0.25, 0.3) is 0 Å². The largest absolute Gasteiger partial charge is 0.140 e. The van der Waals surface area contributed by atoms with Gasteiger partial charge in [-0.3, -0.25) is 0 Å². The molecule has 2 aromatic rings. The van der Waals surface area contributed by atoms with E-state index < -0.39 is 0 Å². The van der Waals surface area contributed by atoms with Crippen molar-refractivity contribution in [2.24, 2.45) is 0 Å². The van der Waals surface area contributed by atoms with E-state index in [2.05, 4.69) is 96.7 Å². The van der Waals surface area contributed by atoms with Crippen LogP contribution in [0.3, 0.4) is 0 Å². The van der Waals surface area contributed by atoms with Gasteiger partial charge in [0, 0.05) is 11.5 Å². The molecular formula is C18H20S4. The van der Waals surface area contributed by atoms with Crippen molar-refractivity contribution >= 4 is 47.0 Å². The van der Waals surface area contributed by atoms with Crippen LogP contribution < -0.4 is 0 Å². The molecule has 0 aliphatic carbocycles. The minimum absolute atomic E-state index is 0.0396. The van der Waals surface area contributed by atoms with Crippen molar-refractivity contribution in [1.82, 2.24) is 0 Å². The molecule has 0 aromatic heterocycles. The third-order valence-corrected chi connectivity index (χ3v) is 11.4. The Morgan fingerprint density at radius 2 is 1.05 bits per heavy atom. The van der Waals surface area contributed by atoms with Crippen LogP contribution in [-0.2, 0) is 8.16 Å². The minimum atomic E-state index is 0.0396. The van der Waals surface area contributed by atoms with Crippen molar-refractivity contribution in [2.75, 3.05) is 24.0 Å². The normalized spacial score (nSPS) is 28.5. The van der Waals surface area contributed by atoms with Crippen LogP contribution in [0.4, 0.5) is 0 Å². The van der Waals surface area contributed by atoms with Crippen molar-refractivity contribution in [3.05, 3.63) is 71.8 Å². The Kier molecular flexibility index (Phi) is 5.43. The lowest BCUT2D eigenvalue weighted by Gasteiger charge is -2.51. The Morgan fingerprint density at radius 3 is 1.36 bits per heavy atom. The zero-order valence-electron chi connectivity index (χ0n) is 12.8. The van der Waals surface area contributed by atoms with E-state index >= 15 is 0 Å². The fraction of sp³-hybridized carbons (Fsp3) is 0.333. The van der Waals surface area contributed by atoms with Crippen LogP contribution in [0.25, 0.3) is 0 Å². The van der Waals surface area contributed by atoms with Gasteiger partial charge in [0.05, 0.1) is 0 Å². The summed E-state index contributed by atoms with van der Waals surface area (Å²) in [5.41, 5.74) is 2.86. The molecule has 2 atom stereocenters. The van der Waals surface area contributed by atoms with Crippen molar-refractivity contribution in [2.45, 2.75) is 8.16 Å². The molecule has 0 unspecified atom stereocenters. The number of benzene rings is 2. The predicted octanol–water partition coefficient (Wildman–Crippen LogP) is 5.90. The Morgan fingerprint density at radius 1 is 0.682 bits per heavy atom. The summed E-state index contributed by atoms with van der Waals surface area (Å²) >= 11 is 8.21. The standard InChI is InChI=1S/C18H20S4/c1-19-17(15-9-5-3-6-10-15)18(20-2,22-14-13-21-17)16-11-7-4-8-12-16/h3-12H,13-14H2,1-2H3/t17-,18-/m0/s1. The van der Waals surface area contributed by atoms with Crippen LogP contribution in [0.2, 0.25) is 0 Å². The van der Waals surface area contributed by atoms with Gasteiger partial charge in [-0.15, -0.1) is 47.0 Å². The molecular weight excluding hydrogens is 344 g/mol. The van der Waals surface area contributed by atoms with Gasteiger partial charge in [-0.25, -0.2) is 0 Å². The van der Waals surface area contributed by atoms with E-state index in [9.17, 15) is 0 Å². The maximum absolute atomic E-state index is 2.29. The zero-order valence-corrected chi connectivity index (χ0v) is 16.1. The van der Waals surface area contributed by atoms with E-state index in [1.54, 1.807) is 0 Å². The van der Waals surface area contributed by atoms with E-state index in [0.717, 1.165) is 0 Å². The molecule has 0 radical (unpaired) electrons. The summed E-state index contributed by atoms with van der Waals surface area (Å²) in [5, 5.41) is 0. The first-order chi connectivity index (χ1) is 10.8. The molecule has 116 valence electrons. The highest BCUT2D eigenvalue weighted by Gasteiger charge is 2.56. The predicted molar refractivity (Wildman–Crippen MR) is 108 cm³/mol. The molecule has 1 aliphatic heterocycles. The first kappa shape index (κ1) is 16.7. The quantitative estimate of drug-likeness (QED) is 0.662. The summed E-state index contributed by atoms with van der Waals surface area (Å²) in [7, 11) is 0. The SMILES string of the molecule is CS[C@@]1(c2ccccc2)SCCS[C@@]1(SC)c1ccccc1. The van der Waals surface area contributed by atoms with Crippen molar-refractivity contribution in [3.8, 4) is 0 Å². The maximum Gasteiger partial charge on any atom is 0.114 e. The van der Waals surface area contributed by atoms with Crippen LogP contribution >= 0.6 is 47.0 Å². The van der Waals surface area contributed by atoms with Crippen LogP contribution in [0.1, 0.15) is 11.1 Å². The number of thioether (sulfide) groups is 4. The third kappa shape index (κ3) is 2.62. The van der Waals surface area contributed by atoms with Crippen LogP contribution in [0.15, 0.2) is 60.7 Å². The highest BCUT2D eigenvalue weighted by atomic mass is 32.2. The van der Waals surface area contributed by atoms with Crippen molar-refractivity contribution in [3.63, 3.8) is 0 Å². The first-order valence-electron chi connectivity index (χ1n) is 7.28. The molecule has 1 aliphatic rings. The molecule has 1 fully saturated rings. The summed E-state index contributed by atoms with van der Waals surface area (Å²) in [5.74, 6) is 2.41. The molecule has 0 N–H and O–H groups in total. The summed E-state index contributed by atoms with van der Waals surface area (Å²) in [6.45, 7) is 0. The molecule has 0 saturated carbocycles. The second-order valence-electron chi connectivity index (χ2n) is 5.07. The summed E-state index contributed by atoms with van der Waals surface area (Å²) in [4.78, 5) is 0. The van der Waals surface area contributed by atoms with Gasteiger partial charge in [-0.2, -0.15) is 0 Å². The Balaban J connectivity index is 2.21. The lowest BCUT2D eigenvalue weighted by molar-refractivity contribution is 0.778. The van der Waals surface area contributed by atoms with E-state index in [0.29, 0.717) is 0 Å². The number of rotatable bonds is 4. The summed E-state index contributed by atoms with van der Waals surface area (Å²) in [6.07, 6.45) is 4.53. The monoisotopic (exact) mass is 364 g/mol. The number of hydrogen-bond acceptors (Lipinski definition) is 4. The smallest absolute Gasteiger partial charge is 0.114 e. The molecule has 0 spiro atoms. The molecule has 0 nitrogen and oxygen atoms in total. The Labute approximate surface area is 150 Å². The van der Waals surface area contributed by atoms with Gasteiger partial charge in [0.15, 0.2) is 0 Å². The molecule has 0 amide bonds. The number of hydrogen-bond donors (Lipinski definition) is 0. The molecule has 2 aromatic carbocycles. The van der Waals surface area contributed by atoms with Gasteiger partial charge < -0.3 is 0 Å². The second-order valence-corrected chi connectivity index (χ2v) is 10.2. The highest BCUT2D eigenvalue weighted by Crippen LogP contribution is 2.69. The first-order valence-corrected chi connectivity index (χ1v) is 11.7. The fourth-order valence-corrected chi connectivity index (χ4v) is 10.2. The molecule has 22 heavy (non-hydrogen) atoms. The minimum Gasteiger partial charge on any atom is -0.140 e. The van der Waals surface area contributed by atoms with E-state index in [-0.39, 0.29) is 8.16 Å². The lowest BCUT2D eigenvalue weighted by atomic mass is 10.0. The summed E-state index contributed by atoms with van der Waals surface area (Å²) in [6, 6.07) is 22.1. The molecule has 3 rings (SSSR count). The Hall–Kier alpha value is -0.160. The van der Waals surface area contributed by atoms with Crippen molar-refractivity contribution < 1.29 is 0 Å². The highest BCUT2D eigenvalue weighted by molar-refractivity contribution is 8.25. The lowest BCUT2D eigenvalue weighted by Crippen LogP contribution is -2.43.